The molecule has 2 saturated heterocycles. The van der Waals surface area contributed by atoms with E-state index in [-0.39, 0.29) is 38.0 Å². The van der Waals surface area contributed by atoms with Gasteiger partial charge in [0.05, 0.1) is 29.7 Å². The molecular formula is C35H33Cl2N5O3. The second kappa shape index (κ2) is 13.3. The summed E-state index contributed by atoms with van der Waals surface area (Å²) in [6.07, 6.45) is 1.44. The lowest BCUT2D eigenvalue weighted by molar-refractivity contribution is -0.157. The van der Waals surface area contributed by atoms with Crippen molar-refractivity contribution in [1.29, 1.82) is 0 Å². The zero-order valence-electron chi connectivity index (χ0n) is 24.6. The van der Waals surface area contributed by atoms with Gasteiger partial charge in [0.25, 0.3) is 0 Å². The molecule has 6 rings (SSSR count). The largest absolute Gasteiger partial charge is 0.333 e. The molecule has 2 fully saturated rings. The number of piperazine rings is 1. The van der Waals surface area contributed by atoms with Gasteiger partial charge in [-0.15, -0.1) is 6.58 Å². The predicted octanol–water partition coefficient (Wildman–Crippen LogP) is 5.88. The molecule has 0 spiro atoms. The van der Waals surface area contributed by atoms with Gasteiger partial charge in [-0.25, -0.2) is 4.79 Å². The first-order valence-electron chi connectivity index (χ1n) is 14.8. The highest BCUT2D eigenvalue weighted by Crippen LogP contribution is 2.31. The van der Waals surface area contributed by atoms with Crippen LogP contribution in [0.4, 0.5) is 4.79 Å². The lowest BCUT2D eigenvalue weighted by atomic mass is 9.99. The van der Waals surface area contributed by atoms with Gasteiger partial charge in [0.15, 0.2) is 0 Å². The molecule has 10 heteroatoms. The number of halogens is 2. The predicted molar refractivity (Wildman–Crippen MR) is 176 cm³/mol. The highest BCUT2D eigenvalue weighted by atomic mass is 35.5. The van der Waals surface area contributed by atoms with Crippen molar-refractivity contribution in [2.75, 3.05) is 19.6 Å². The number of nitrogens with one attached hydrogen (secondary N) is 1. The number of rotatable bonds is 9. The number of nitrogens with zero attached hydrogens (tertiary/aromatic N) is 4. The second-order valence-electron chi connectivity index (χ2n) is 11.2. The van der Waals surface area contributed by atoms with Gasteiger partial charge in [0, 0.05) is 19.5 Å². The van der Waals surface area contributed by atoms with Crippen molar-refractivity contribution in [1.82, 2.24) is 25.1 Å². The maximum atomic E-state index is 14.2. The van der Waals surface area contributed by atoms with Crippen molar-refractivity contribution in [3.05, 3.63) is 130 Å². The summed E-state index contributed by atoms with van der Waals surface area (Å²) in [5.74, 6) is -0.317. The van der Waals surface area contributed by atoms with Crippen LogP contribution in [-0.4, -0.2) is 69.5 Å². The fraction of sp³-hybridized carbons (Fsp3) is 0.229. The number of carbonyl (C=O) groups excluding carboxylic acids is 3. The van der Waals surface area contributed by atoms with Crippen LogP contribution in [0.2, 0.25) is 10.0 Å². The molecule has 45 heavy (non-hydrogen) atoms. The van der Waals surface area contributed by atoms with E-state index in [0.29, 0.717) is 23.0 Å². The average Bonchev–Trinajstić information content (AvgIpc) is 3.37. The Morgan fingerprint density at radius 2 is 1.69 bits per heavy atom. The standard InChI is InChI=1S/C35H33Cl2N5O3/c1-2-17-40(35(45)38-20-25-15-16-29(36)30(37)18-25)41-23-33(43)42-31(19-24-9-4-3-5-10-24)34(44)39(22-32(41)42)21-27-13-8-12-26-11-6-7-14-28(26)27/h2-16,18,31-32H,1,17,19-23H2,(H,38,45)/t31-,32+/m0/s1. The Morgan fingerprint density at radius 1 is 0.933 bits per heavy atom. The third-order valence-corrected chi connectivity index (χ3v) is 9.09. The maximum absolute atomic E-state index is 14.2. The highest BCUT2D eigenvalue weighted by Gasteiger charge is 2.52. The second-order valence-corrected chi connectivity index (χ2v) is 12.0. The summed E-state index contributed by atoms with van der Waals surface area (Å²) in [4.78, 5) is 45.0. The average molecular weight is 643 g/mol. The minimum atomic E-state index is -0.719. The molecule has 4 amide bonds. The summed E-state index contributed by atoms with van der Waals surface area (Å²) < 4.78 is 0. The van der Waals surface area contributed by atoms with Crippen LogP contribution < -0.4 is 5.32 Å². The van der Waals surface area contributed by atoms with Crippen LogP contribution >= 0.6 is 23.2 Å². The van der Waals surface area contributed by atoms with Crippen LogP contribution in [0.25, 0.3) is 10.8 Å². The number of amides is 4. The molecule has 2 heterocycles. The van der Waals surface area contributed by atoms with Crippen molar-refractivity contribution in [3.63, 3.8) is 0 Å². The minimum Gasteiger partial charge on any atom is -0.333 e. The summed E-state index contributed by atoms with van der Waals surface area (Å²) in [6.45, 7) is 4.82. The number of hydrogen-bond donors (Lipinski definition) is 1. The van der Waals surface area contributed by atoms with Crippen molar-refractivity contribution >= 4 is 51.8 Å². The normalized spacial score (nSPS) is 18.3. The molecule has 0 saturated carbocycles. The zero-order valence-corrected chi connectivity index (χ0v) is 26.1. The van der Waals surface area contributed by atoms with Gasteiger partial charge < -0.3 is 15.1 Å². The molecule has 4 aromatic rings. The van der Waals surface area contributed by atoms with Crippen LogP contribution in [0.1, 0.15) is 16.7 Å². The summed E-state index contributed by atoms with van der Waals surface area (Å²) >= 11 is 12.2. The molecule has 230 valence electrons. The topological polar surface area (TPSA) is 76.2 Å². The molecule has 2 aliphatic heterocycles. The van der Waals surface area contributed by atoms with Crippen LogP contribution in [0.5, 0.6) is 0 Å². The first-order chi connectivity index (χ1) is 21.8. The van der Waals surface area contributed by atoms with E-state index >= 15 is 0 Å². The third kappa shape index (κ3) is 6.40. The third-order valence-electron chi connectivity index (χ3n) is 8.35. The Kier molecular flexibility index (Phi) is 9.07. The zero-order chi connectivity index (χ0) is 31.5. The van der Waals surface area contributed by atoms with Crippen molar-refractivity contribution in [2.24, 2.45) is 0 Å². The van der Waals surface area contributed by atoms with E-state index in [1.165, 1.54) is 5.01 Å². The van der Waals surface area contributed by atoms with E-state index in [1.54, 1.807) is 34.2 Å². The number of hydrazine groups is 1. The molecule has 2 aliphatic rings. The fourth-order valence-electron chi connectivity index (χ4n) is 6.21. The Hall–Kier alpha value is -4.37. The van der Waals surface area contributed by atoms with E-state index in [0.717, 1.165) is 27.5 Å². The molecule has 0 aromatic heterocycles. The Bertz CT molecular complexity index is 1740. The van der Waals surface area contributed by atoms with E-state index in [4.69, 9.17) is 23.2 Å². The summed E-state index contributed by atoms with van der Waals surface area (Å²) in [5.41, 5.74) is 2.75. The molecule has 0 aliphatic carbocycles. The molecule has 0 bridgehead atoms. The van der Waals surface area contributed by atoms with E-state index < -0.39 is 18.2 Å². The first-order valence-corrected chi connectivity index (χ1v) is 15.6. The SMILES string of the molecule is C=CCN(C(=O)NCc1ccc(Cl)c(Cl)c1)N1CC(=O)N2[C@@H](Cc3ccccc3)C(=O)N(Cc3cccc4ccccc34)C[C@@H]21. The van der Waals surface area contributed by atoms with Crippen molar-refractivity contribution in [3.8, 4) is 0 Å². The smallest absolute Gasteiger partial charge is 0.332 e. The van der Waals surface area contributed by atoms with Crippen molar-refractivity contribution < 1.29 is 14.4 Å². The Morgan fingerprint density at radius 3 is 2.47 bits per heavy atom. The summed E-state index contributed by atoms with van der Waals surface area (Å²) in [6, 6.07) is 27.9. The number of fused-ring (bicyclic) bond motifs is 2. The van der Waals surface area contributed by atoms with Gasteiger partial charge in [-0.1, -0.05) is 108 Å². The van der Waals surface area contributed by atoms with Gasteiger partial charge in [0.1, 0.15) is 12.2 Å². The summed E-state index contributed by atoms with van der Waals surface area (Å²) in [7, 11) is 0. The Balaban J connectivity index is 1.30. The minimum absolute atomic E-state index is 0.0423. The number of hydrogen-bond acceptors (Lipinski definition) is 4. The lowest BCUT2D eigenvalue weighted by Gasteiger charge is -2.46. The van der Waals surface area contributed by atoms with E-state index in [2.05, 4.69) is 30.1 Å². The number of carbonyl (C=O) groups is 3. The molecule has 4 aromatic carbocycles. The van der Waals surface area contributed by atoms with Crippen LogP contribution in [0.3, 0.4) is 0 Å². The molecule has 8 nitrogen and oxygen atoms in total. The molecular weight excluding hydrogens is 609 g/mol. The van der Waals surface area contributed by atoms with Gasteiger partial charge >= 0.3 is 6.03 Å². The van der Waals surface area contributed by atoms with Gasteiger partial charge in [0.2, 0.25) is 11.8 Å². The highest BCUT2D eigenvalue weighted by molar-refractivity contribution is 6.42. The Labute approximate surface area is 272 Å². The first kappa shape index (κ1) is 30.6. The van der Waals surface area contributed by atoms with Crippen LogP contribution in [0, 0.1) is 0 Å². The fourth-order valence-corrected chi connectivity index (χ4v) is 6.53. The van der Waals surface area contributed by atoms with Gasteiger partial charge in [-0.2, -0.15) is 5.01 Å². The van der Waals surface area contributed by atoms with Crippen LogP contribution in [0.15, 0.2) is 104 Å². The molecule has 0 radical (unpaired) electrons. The summed E-state index contributed by atoms with van der Waals surface area (Å²) in [5, 5.41) is 9.19. The lowest BCUT2D eigenvalue weighted by Crippen LogP contribution is -2.66. The van der Waals surface area contributed by atoms with Gasteiger partial charge in [-0.05, 0) is 39.6 Å². The molecule has 1 N–H and O–H groups in total. The number of benzene rings is 4. The van der Waals surface area contributed by atoms with Crippen molar-refractivity contribution in [2.45, 2.75) is 31.7 Å². The monoisotopic (exact) mass is 641 g/mol. The van der Waals surface area contributed by atoms with E-state index in [9.17, 15) is 14.4 Å². The quantitative estimate of drug-likeness (QED) is 0.232. The molecule has 0 unspecified atom stereocenters. The van der Waals surface area contributed by atoms with E-state index in [1.807, 2.05) is 59.5 Å². The maximum Gasteiger partial charge on any atom is 0.332 e. The van der Waals surface area contributed by atoms with Crippen LogP contribution in [-0.2, 0) is 29.1 Å². The van der Waals surface area contributed by atoms with Gasteiger partial charge in [-0.3, -0.25) is 14.6 Å². The molecule has 2 atom stereocenters. The number of urea groups is 1.